The third-order valence-electron chi connectivity index (χ3n) is 2.84. The Balaban J connectivity index is 3.05. The van der Waals surface area contributed by atoms with E-state index in [1.807, 2.05) is 25.1 Å². The van der Waals surface area contributed by atoms with Crippen LogP contribution in [0, 0.1) is 22.0 Å². The van der Waals surface area contributed by atoms with Gasteiger partial charge in [0.15, 0.2) is 0 Å². The van der Waals surface area contributed by atoms with Gasteiger partial charge in [0, 0.05) is 12.5 Å². The van der Waals surface area contributed by atoms with Gasteiger partial charge in [-0.1, -0.05) is 31.4 Å². The van der Waals surface area contributed by atoms with Gasteiger partial charge in [0.05, 0.1) is 10.5 Å². The van der Waals surface area contributed by atoms with E-state index in [4.69, 9.17) is 0 Å². The van der Waals surface area contributed by atoms with E-state index >= 15 is 0 Å². The van der Waals surface area contributed by atoms with Crippen molar-refractivity contribution in [1.82, 2.24) is 4.90 Å². The van der Waals surface area contributed by atoms with E-state index in [0.29, 0.717) is 5.56 Å². The zero-order valence-electron chi connectivity index (χ0n) is 11.7. The number of unbranched alkanes of at least 4 members (excludes halogenated alkanes) is 2. The average molecular weight is 260 g/mol. The van der Waals surface area contributed by atoms with Gasteiger partial charge in [-0.2, -0.15) is 0 Å². The van der Waals surface area contributed by atoms with E-state index in [2.05, 4.69) is 18.8 Å². The number of benzene rings is 1. The highest BCUT2D eigenvalue weighted by molar-refractivity contribution is 5.45. The minimum absolute atomic E-state index is 0.131. The molecule has 19 heavy (non-hydrogen) atoms. The van der Waals surface area contributed by atoms with Gasteiger partial charge in [-0.15, -0.1) is 5.92 Å². The van der Waals surface area contributed by atoms with Crippen LogP contribution in [0.5, 0.6) is 0 Å². The molecule has 0 aliphatic heterocycles. The predicted molar refractivity (Wildman–Crippen MR) is 76.8 cm³/mol. The van der Waals surface area contributed by atoms with Crippen LogP contribution in [0.2, 0.25) is 0 Å². The first-order valence-corrected chi connectivity index (χ1v) is 6.46. The Labute approximate surface area is 114 Å². The second-order valence-corrected chi connectivity index (χ2v) is 4.61. The number of rotatable bonds is 5. The van der Waals surface area contributed by atoms with E-state index in [9.17, 15) is 10.1 Å². The maximum Gasteiger partial charge on any atom is 0.275 e. The Hall–Kier alpha value is -1.86. The fraction of sp³-hybridized carbons (Fsp3) is 0.467. The van der Waals surface area contributed by atoms with Crippen molar-refractivity contribution in [3.63, 3.8) is 0 Å². The Morgan fingerprint density at radius 3 is 2.63 bits per heavy atom. The first-order valence-electron chi connectivity index (χ1n) is 6.46. The van der Waals surface area contributed by atoms with Crippen LogP contribution < -0.4 is 0 Å². The van der Waals surface area contributed by atoms with Crippen LogP contribution in [0.15, 0.2) is 24.3 Å². The molecule has 0 heterocycles. The van der Waals surface area contributed by atoms with Gasteiger partial charge < -0.3 is 0 Å². The Kier molecular flexibility index (Phi) is 6.04. The summed E-state index contributed by atoms with van der Waals surface area (Å²) >= 11 is 0. The van der Waals surface area contributed by atoms with Gasteiger partial charge in [0.2, 0.25) is 0 Å². The van der Waals surface area contributed by atoms with Crippen molar-refractivity contribution in [2.24, 2.45) is 0 Å². The van der Waals surface area contributed by atoms with Gasteiger partial charge in [-0.3, -0.25) is 15.0 Å². The van der Waals surface area contributed by atoms with Gasteiger partial charge >= 0.3 is 0 Å². The molecule has 0 bridgehead atoms. The molecule has 0 aromatic heterocycles. The van der Waals surface area contributed by atoms with Gasteiger partial charge in [0.1, 0.15) is 6.04 Å². The predicted octanol–water partition coefficient (Wildman–Crippen LogP) is 3.39. The van der Waals surface area contributed by atoms with Crippen LogP contribution in [0.4, 0.5) is 5.69 Å². The fourth-order valence-electron chi connectivity index (χ4n) is 1.80. The van der Waals surface area contributed by atoms with Crippen molar-refractivity contribution in [3.8, 4) is 11.8 Å². The number of hydrogen-bond donors (Lipinski definition) is 0. The van der Waals surface area contributed by atoms with Crippen LogP contribution in [-0.2, 0) is 0 Å². The maximum atomic E-state index is 11.1. The molecule has 102 valence electrons. The van der Waals surface area contributed by atoms with Crippen molar-refractivity contribution in [2.75, 3.05) is 14.1 Å². The number of nitro groups is 1. The average Bonchev–Trinajstić information content (AvgIpc) is 2.38. The lowest BCUT2D eigenvalue weighted by Gasteiger charge is -2.19. The van der Waals surface area contributed by atoms with E-state index in [0.717, 1.165) is 19.3 Å². The third kappa shape index (κ3) is 4.38. The largest absolute Gasteiger partial charge is 0.292 e. The molecular formula is C15H20N2O2. The summed E-state index contributed by atoms with van der Waals surface area (Å²) in [7, 11) is 3.77. The minimum atomic E-state index is -0.348. The molecule has 0 aliphatic rings. The number of nitro benzene ring substituents is 1. The summed E-state index contributed by atoms with van der Waals surface area (Å²) in [6.07, 6.45) is 3.00. The monoisotopic (exact) mass is 260 g/mol. The quantitative estimate of drug-likeness (QED) is 0.353. The normalized spacial score (nSPS) is 11.8. The minimum Gasteiger partial charge on any atom is -0.292 e. The topological polar surface area (TPSA) is 46.4 Å². The molecule has 4 heteroatoms. The summed E-state index contributed by atoms with van der Waals surface area (Å²) in [6, 6.07) is 6.56. The molecule has 0 amide bonds. The zero-order valence-corrected chi connectivity index (χ0v) is 11.7. The molecule has 1 aromatic carbocycles. The molecule has 0 spiro atoms. The standard InChI is InChI=1S/C15H20N2O2/c1-4-5-6-7-11-14(16(2)3)13-10-8-9-12-15(13)17(18)19/h8-10,12,14H,4-6H2,1-3H3. The molecule has 0 saturated carbocycles. The molecule has 0 fully saturated rings. The molecule has 1 aromatic rings. The van der Waals surface area contributed by atoms with Crippen molar-refractivity contribution >= 4 is 5.69 Å². The highest BCUT2D eigenvalue weighted by Gasteiger charge is 2.21. The van der Waals surface area contributed by atoms with Crippen molar-refractivity contribution in [3.05, 3.63) is 39.9 Å². The van der Waals surface area contributed by atoms with Crippen LogP contribution in [0.3, 0.4) is 0 Å². The summed E-state index contributed by atoms with van der Waals surface area (Å²) in [4.78, 5) is 12.6. The van der Waals surface area contributed by atoms with E-state index < -0.39 is 0 Å². The summed E-state index contributed by atoms with van der Waals surface area (Å²) in [6.45, 7) is 2.12. The summed E-state index contributed by atoms with van der Waals surface area (Å²) in [5.41, 5.74) is 0.785. The van der Waals surface area contributed by atoms with E-state index in [1.54, 1.807) is 12.1 Å². The molecule has 0 radical (unpaired) electrons. The first kappa shape index (κ1) is 15.2. The first-order chi connectivity index (χ1) is 9.07. The summed E-state index contributed by atoms with van der Waals surface area (Å²) in [5, 5.41) is 11.1. The van der Waals surface area contributed by atoms with Gasteiger partial charge in [0.25, 0.3) is 5.69 Å². The van der Waals surface area contributed by atoms with Crippen LogP contribution in [0.25, 0.3) is 0 Å². The molecule has 1 atom stereocenters. The lowest BCUT2D eigenvalue weighted by atomic mass is 10.0. The molecule has 1 rings (SSSR count). The third-order valence-corrected chi connectivity index (χ3v) is 2.84. The molecule has 4 nitrogen and oxygen atoms in total. The van der Waals surface area contributed by atoms with Crippen LogP contribution >= 0.6 is 0 Å². The van der Waals surface area contributed by atoms with Crippen molar-refractivity contribution in [1.29, 1.82) is 0 Å². The molecule has 1 unspecified atom stereocenters. The lowest BCUT2D eigenvalue weighted by molar-refractivity contribution is -0.385. The molecular weight excluding hydrogens is 240 g/mol. The van der Waals surface area contributed by atoms with Gasteiger partial charge in [-0.25, -0.2) is 0 Å². The van der Waals surface area contributed by atoms with Crippen molar-refractivity contribution < 1.29 is 4.92 Å². The second kappa shape index (κ2) is 7.55. The highest BCUT2D eigenvalue weighted by Crippen LogP contribution is 2.27. The van der Waals surface area contributed by atoms with Crippen LogP contribution in [-0.4, -0.2) is 23.9 Å². The Morgan fingerprint density at radius 1 is 1.37 bits per heavy atom. The zero-order chi connectivity index (χ0) is 14.3. The molecule has 0 N–H and O–H groups in total. The molecule has 0 aliphatic carbocycles. The number of para-hydroxylation sites is 1. The number of nitrogens with zero attached hydrogens (tertiary/aromatic N) is 2. The second-order valence-electron chi connectivity index (χ2n) is 4.61. The van der Waals surface area contributed by atoms with Crippen molar-refractivity contribution in [2.45, 2.75) is 32.2 Å². The Bertz CT molecular complexity index is 486. The Morgan fingerprint density at radius 2 is 2.05 bits per heavy atom. The fourth-order valence-corrected chi connectivity index (χ4v) is 1.80. The smallest absolute Gasteiger partial charge is 0.275 e. The van der Waals surface area contributed by atoms with E-state index in [-0.39, 0.29) is 16.7 Å². The summed E-state index contributed by atoms with van der Waals surface area (Å²) in [5.74, 6) is 6.26. The van der Waals surface area contributed by atoms with E-state index in [1.165, 1.54) is 6.07 Å². The molecule has 0 saturated heterocycles. The SMILES string of the molecule is CCCCC#CC(c1ccccc1[N+](=O)[O-])N(C)C. The summed E-state index contributed by atoms with van der Waals surface area (Å²) < 4.78 is 0. The lowest BCUT2D eigenvalue weighted by Crippen LogP contribution is -2.19. The number of hydrogen-bond acceptors (Lipinski definition) is 3. The highest BCUT2D eigenvalue weighted by atomic mass is 16.6. The maximum absolute atomic E-state index is 11.1. The van der Waals surface area contributed by atoms with Gasteiger partial charge in [-0.05, 0) is 26.6 Å². The van der Waals surface area contributed by atoms with Crippen LogP contribution in [0.1, 0.15) is 37.8 Å².